The van der Waals surface area contributed by atoms with Crippen molar-refractivity contribution in [2.75, 3.05) is 38.0 Å². The Morgan fingerprint density at radius 1 is 0.692 bits per heavy atom. The molecule has 0 aliphatic rings. The fourth-order valence-corrected chi connectivity index (χ4v) is 3.52. The van der Waals surface area contributed by atoms with Gasteiger partial charge < -0.3 is 9.80 Å². The summed E-state index contributed by atoms with van der Waals surface area (Å²) in [5, 5.41) is 32.7. The highest BCUT2D eigenvalue weighted by molar-refractivity contribution is 6.18. The molecular weight excluding hydrogens is 322 g/mol. The standard InChI is InChI=1S/C21H17N5/c1-25(2)20-14-8-6-5-7-13(14)9-15-16(10-22)17(11-23)18(12-24)21(19(15)20)26(3)4/h5-9H,1-4H3. The number of hydrogen-bond acceptors (Lipinski definition) is 5. The van der Waals surface area contributed by atoms with E-state index in [1.807, 2.05) is 68.3 Å². The van der Waals surface area contributed by atoms with Gasteiger partial charge in [0.2, 0.25) is 0 Å². The van der Waals surface area contributed by atoms with Crippen LogP contribution in [-0.4, -0.2) is 28.2 Å². The molecule has 0 saturated heterocycles. The molecule has 0 aromatic heterocycles. The fraction of sp³-hybridized carbons (Fsp3) is 0.190. The maximum absolute atomic E-state index is 9.76. The SMILES string of the molecule is CN(C)c1c(C#N)c(C#N)c(C#N)c2cc3ccccc3c(N(C)C)c12. The molecule has 5 heteroatoms. The van der Waals surface area contributed by atoms with Gasteiger partial charge in [0.25, 0.3) is 0 Å². The quantitative estimate of drug-likeness (QED) is 0.665. The normalized spacial score (nSPS) is 10.2. The molecule has 0 radical (unpaired) electrons. The Morgan fingerprint density at radius 3 is 1.81 bits per heavy atom. The number of anilines is 2. The molecule has 3 aromatic rings. The molecule has 3 rings (SSSR count). The summed E-state index contributed by atoms with van der Waals surface area (Å²) < 4.78 is 0. The van der Waals surface area contributed by atoms with Gasteiger partial charge in [-0.05, 0) is 11.5 Å². The number of benzene rings is 3. The lowest BCUT2D eigenvalue weighted by Gasteiger charge is -2.25. The van der Waals surface area contributed by atoms with Crippen LogP contribution in [0.3, 0.4) is 0 Å². The summed E-state index contributed by atoms with van der Waals surface area (Å²) in [6.07, 6.45) is 0. The maximum Gasteiger partial charge on any atom is 0.103 e. The Hall–Kier alpha value is -3.75. The molecule has 0 unspecified atom stereocenters. The number of fused-ring (bicyclic) bond motifs is 2. The summed E-state index contributed by atoms with van der Waals surface area (Å²) in [7, 11) is 7.57. The van der Waals surface area contributed by atoms with Crippen LogP contribution < -0.4 is 9.80 Å². The third-order valence-electron chi connectivity index (χ3n) is 4.49. The van der Waals surface area contributed by atoms with E-state index in [1.165, 1.54) is 0 Å². The van der Waals surface area contributed by atoms with Crippen molar-refractivity contribution in [2.45, 2.75) is 0 Å². The molecule has 0 atom stereocenters. The topological polar surface area (TPSA) is 77.8 Å². The maximum atomic E-state index is 9.76. The van der Waals surface area contributed by atoms with Gasteiger partial charge in [0.05, 0.1) is 28.1 Å². The second-order valence-corrected chi connectivity index (χ2v) is 6.47. The van der Waals surface area contributed by atoms with Crippen LogP contribution in [0.25, 0.3) is 21.5 Å². The Morgan fingerprint density at radius 2 is 1.27 bits per heavy atom. The van der Waals surface area contributed by atoms with Gasteiger partial charge in [0.15, 0.2) is 0 Å². The third-order valence-corrected chi connectivity index (χ3v) is 4.49. The average Bonchev–Trinajstić information content (AvgIpc) is 2.63. The Bertz CT molecular complexity index is 1170. The van der Waals surface area contributed by atoms with E-state index in [4.69, 9.17) is 0 Å². The summed E-state index contributed by atoms with van der Waals surface area (Å²) in [5.74, 6) is 0. The van der Waals surface area contributed by atoms with Crippen LogP contribution in [0.1, 0.15) is 16.7 Å². The predicted molar refractivity (Wildman–Crippen MR) is 104 cm³/mol. The van der Waals surface area contributed by atoms with Crippen LogP contribution in [0.15, 0.2) is 30.3 Å². The van der Waals surface area contributed by atoms with E-state index in [-0.39, 0.29) is 16.7 Å². The largest absolute Gasteiger partial charge is 0.377 e. The minimum atomic E-state index is 0.131. The van der Waals surface area contributed by atoms with Gasteiger partial charge in [-0.25, -0.2) is 0 Å². The van der Waals surface area contributed by atoms with Crippen molar-refractivity contribution in [3.63, 3.8) is 0 Å². The van der Waals surface area contributed by atoms with Crippen LogP contribution in [-0.2, 0) is 0 Å². The molecular formula is C21H17N5. The van der Waals surface area contributed by atoms with Crippen molar-refractivity contribution in [3.05, 3.63) is 47.0 Å². The van der Waals surface area contributed by atoms with E-state index < -0.39 is 0 Å². The van der Waals surface area contributed by atoms with Crippen LogP contribution in [0.5, 0.6) is 0 Å². The van der Waals surface area contributed by atoms with Gasteiger partial charge in [-0.2, -0.15) is 15.8 Å². The van der Waals surface area contributed by atoms with E-state index in [2.05, 4.69) is 18.2 Å². The second-order valence-electron chi connectivity index (χ2n) is 6.47. The van der Waals surface area contributed by atoms with Crippen molar-refractivity contribution in [1.82, 2.24) is 0 Å². The highest BCUT2D eigenvalue weighted by Gasteiger charge is 2.24. The van der Waals surface area contributed by atoms with E-state index in [0.717, 1.165) is 21.8 Å². The predicted octanol–water partition coefficient (Wildman–Crippen LogP) is 3.74. The molecule has 5 nitrogen and oxygen atoms in total. The number of rotatable bonds is 2. The molecule has 0 N–H and O–H groups in total. The van der Waals surface area contributed by atoms with Crippen molar-refractivity contribution >= 4 is 32.9 Å². The monoisotopic (exact) mass is 339 g/mol. The van der Waals surface area contributed by atoms with E-state index in [0.29, 0.717) is 11.1 Å². The first-order chi connectivity index (χ1) is 12.5. The summed E-state index contributed by atoms with van der Waals surface area (Å²) in [5.41, 5.74) is 2.21. The lowest BCUT2D eigenvalue weighted by molar-refractivity contribution is 1.12. The van der Waals surface area contributed by atoms with Gasteiger partial charge >= 0.3 is 0 Å². The highest BCUT2D eigenvalue weighted by atomic mass is 15.1. The zero-order valence-electron chi connectivity index (χ0n) is 15.1. The lowest BCUT2D eigenvalue weighted by atomic mass is 9.89. The van der Waals surface area contributed by atoms with E-state index in [9.17, 15) is 15.8 Å². The van der Waals surface area contributed by atoms with Gasteiger partial charge in [0.1, 0.15) is 18.2 Å². The third kappa shape index (κ3) is 2.29. The van der Waals surface area contributed by atoms with Gasteiger partial charge in [-0.3, -0.25) is 0 Å². The summed E-state index contributed by atoms with van der Waals surface area (Å²) in [4.78, 5) is 3.83. The van der Waals surface area contributed by atoms with Gasteiger partial charge in [-0.15, -0.1) is 0 Å². The number of hydrogen-bond donors (Lipinski definition) is 0. The molecule has 0 bridgehead atoms. The smallest absolute Gasteiger partial charge is 0.103 e. The van der Waals surface area contributed by atoms with Crippen LogP contribution in [0.2, 0.25) is 0 Å². The molecule has 3 aromatic carbocycles. The molecule has 0 amide bonds. The van der Waals surface area contributed by atoms with Crippen LogP contribution >= 0.6 is 0 Å². The molecule has 126 valence electrons. The van der Waals surface area contributed by atoms with E-state index >= 15 is 0 Å². The number of nitrogens with zero attached hydrogens (tertiary/aromatic N) is 5. The Labute approximate surface area is 152 Å². The van der Waals surface area contributed by atoms with E-state index in [1.54, 1.807) is 0 Å². The number of nitriles is 3. The zero-order valence-corrected chi connectivity index (χ0v) is 15.1. The first-order valence-electron chi connectivity index (χ1n) is 8.06. The fourth-order valence-electron chi connectivity index (χ4n) is 3.52. The average molecular weight is 339 g/mol. The second kappa shape index (κ2) is 6.28. The molecule has 0 spiro atoms. The lowest BCUT2D eigenvalue weighted by Crippen LogP contribution is -2.16. The molecule has 0 saturated carbocycles. The Balaban J connectivity index is 2.80. The van der Waals surface area contributed by atoms with Gasteiger partial charge in [-0.1, -0.05) is 24.3 Å². The van der Waals surface area contributed by atoms with Crippen molar-refractivity contribution in [3.8, 4) is 18.2 Å². The van der Waals surface area contributed by atoms with Crippen molar-refractivity contribution in [2.24, 2.45) is 0 Å². The van der Waals surface area contributed by atoms with Crippen LogP contribution in [0, 0.1) is 34.0 Å². The summed E-state index contributed by atoms with van der Waals surface area (Å²) in [6, 6.07) is 16.2. The van der Waals surface area contributed by atoms with Crippen LogP contribution in [0.4, 0.5) is 11.4 Å². The first-order valence-corrected chi connectivity index (χ1v) is 8.06. The molecule has 0 fully saturated rings. The Kier molecular flexibility index (Phi) is 4.13. The van der Waals surface area contributed by atoms with Crippen molar-refractivity contribution in [1.29, 1.82) is 15.8 Å². The molecule has 26 heavy (non-hydrogen) atoms. The molecule has 0 heterocycles. The minimum Gasteiger partial charge on any atom is -0.377 e. The molecule has 0 aliphatic heterocycles. The summed E-state index contributed by atoms with van der Waals surface area (Å²) in [6.45, 7) is 0. The highest BCUT2D eigenvalue weighted by Crippen LogP contribution is 2.44. The van der Waals surface area contributed by atoms with Gasteiger partial charge in [0, 0.05) is 44.3 Å². The van der Waals surface area contributed by atoms with Crippen molar-refractivity contribution < 1.29 is 0 Å². The first kappa shape index (κ1) is 17.1. The molecule has 0 aliphatic carbocycles. The zero-order chi connectivity index (χ0) is 19.0. The summed E-state index contributed by atoms with van der Waals surface area (Å²) >= 11 is 0. The minimum absolute atomic E-state index is 0.131.